The molecule has 2 heterocycles. The Labute approximate surface area is 99.5 Å². The van der Waals surface area contributed by atoms with Crippen molar-refractivity contribution in [2.45, 2.75) is 19.8 Å². The monoisotopic (exact) mass is 225 g/mol. The van der Waals surface area contributed by atoms with E-state index in [1.807, 2.05) is 6.92 Å². The summed E-state index contributed by atoms with van der Waals surface area (Å²) in [6.07, 6.45) is 1.55. The average molecular weight is 225 g/mol. The zero-order valence-electron chi connectivity index (χ0n) is 9.64. The van der Waals surface area contributed by atoms with Gasteiger partial charge in [-0.15, -0.1) is 0 Å². The molecule has 2 rings (SSSR count). The Hall–Kier alpha value is -2.33. The molecule has 1 aromatic heterocycles. The van der Waals surface area contributed by atoms with Gasteiger partial charge in [-0.2, -0.15) is 10.5 Å². The first-order valence-electron chi connectivity index (χ1n) is 5.28. The van der Waals surface area contributed by atoms with Gasteiger partial charge in [-0.3, -0.25) is 4.99 Å². The third kappa shape index (κ3) is 1.74. The van der Waals surface area contributed by atoms with E-state index in [1.165, 1.54) is 0 Å². The van der Waals surface area contributed by atoms with E-state index in [0.717, 1.165) is 5.71 Å². The maximum absolute atomic E-state index is 9.23. The molecular formula is C13H11N3O. The van der Waals surface area contributed by atoms with Crippen LogP contribution in [0.25, 0.3) is 0 Å². The second-order valence-electron chi connectivity index (χ2n) is 3.96. The fraction of sp³-hybridized carbons (Fsp3) is 0.308. The van der Waals surface area contributed by atoms with Crippen molar-refractivity contribution in [3.05, 3.63) is 35.4 Å². The Morgan fingerprint density at radius 3 is 2.65 bits per heavy atom. The van der Waals surface area contributed by atoms with Crippen molar-refractivity contribution < 1.29 is 4.42 Å². The van der Waals surface area contributed by atoms with E-state index < -0.39 is 5.92 Å². The van der Waals surface area contributed by atoms with Crippen LogP contribution in [0.3, 0.4) is 0 Å². The molecule has 0 amide bonds. The molecule has 0 aromatic carbocycles. The van der Waals surface area contributed by atoms with E-state index in [0.29, 0.717) is 17.0 Å². The number of aliphatic imine (C=N–C) groups is 1. The summed E-state index contributed by atoms with van der Waals surface area (Å²) in [7, 11) is 0. The molecule has 4 nitrogen and oxygen atoms in total. The van der Waals surface area contributed by atoms with Crippen molar-refractivity contribution in [3.63, 3.8) is 0 Å². The fourth-order valence-electron chi connectivity index (χ4n) is 2.12. The molecule has 0 fully saturated rings. The third-order valence-corrected chi connectivity index (χ3v) is 2.94. The molecule has 0 spiro atoms. The van der Waals surface area contributed by atoms with E-state index in [4.69, 9.17) is 4.42 Å². The minimum atomic E-state index is -0.431. The first kappa shape index (κ1) is 11.2. The van der Waals surface area contributed by atoms with Crippen molar-refractivity contribution in [1.29, 1.82) is 10.5 Å². The van der Waals surface area contributed by atoms with Crippen molar-refractivity contribution >= 4 is 5.71 Å². The van der Waals surface area contributed by atoms with Gasteiger partial charge < -0.3 is 4.42 Å². The summed E-state index contributed by atoms with van der Waals surface area (Å²) in [5.41, 5.74) is 1.90. The van der Waals surface area contributed by atoms with Gasteiger partial charge in [0.15, 0.2) is 0 Å². The highest BCUT2D eigenvalue weighted by molar-refractivity contribution is 5.90. The van der Waals surface area contributed by atoms with Gasteiger partial charge in [0, 0.05) is 5.71 Å². The number of furan rings is 1. The Kier molecular flexibility index (Phi) is 2.80. The largest absolute Gasteiger partial charge is 0.469 e. The molecule has 0 N–H and O–H groups in total. The van der Waals surface area contributed by atoms with Gasteiger partial charge in [-0.05, 0) is 26.0 Å². The fourth-order valence-corrected chi connectivity index (χ4v) is 2.12. The topological polar surface area (TPSA) is 73.1 Å². The lowest BCUT2D eigenvalue weighted by atomic mass is 9.80. The summed E-state index contributed by atoms with van der Waals surface area (Å²) in [5.74, 6) is -0.126. The molecule has 17 heavy (non-hydrogen) atoms. The number of hydrogen-bond acceptors (Lipinski definition) is 4. The highest BCUT2D eigenvalue weighted by Gasteiger charge is 2.35. The lowest BCUT2D eigenvalue weighted by molar-refractivity contribution is 0.468. The highest BCUT2D eigenvalue weighted by Crippen LogP contribution is 2.38. The van der Waals surface area contributed by atoms with Crippen LogP contribution in [-0.2, 0) is 0 Å². The van der Waals surface area contributed by atoms with Gasteiger partial charge in [-0.25, -0.2) is 0 Å². The summed E-state index contributed by atoms with van der Waals surface area (Å²) >= 11 is 0. The molecule has 1 aromatic rings. The molecule has 0 saturated carbocycles. The molecule has 1 aliphatic rings. The van der Waals surface area contributed by atoms with Gasteiger partial charge in [-0.1, -0.05) is 0 Å². The van der Waals surface area contributed by atoms with Crippen LogP contribution in [-0.4, -0.2) is 5.71 Å². The molecule has 1 unspecified atom stereocenters. The van der Waals surface area contributed by atoms with Crippen LogP contribution >= 0.6 is 0 Å². The molecule has 4 heteroatoms. The molecule has 84 valence electrons. The Morgan fingerprint density at radius 2 is 2.12 bits per heavy atom. The Bertz CT molecular complexity index is 567. The van der Waals surface area contributed by atoms with E-state index in [9.17, 15) is 10.5 Å². The molecule has 0 bridgehead atoms. The maximum Gasteiger partial charge on any atom is 0.113 e. The summed E-state index contributed by atoms with van der Waals surface area (Å²) in [6.45, 7) is 3.59. The quantitative estimate of drug-likeness (QED) is 0.737. The predicted octanol–water partition coefficient (Wildman–Crippen LogP) is 2.78. The number of nitrogens with zero attached hydrogens (tertiary/aromatic N) is 3. The van der Waals surface area contributed by atoms with Gasteiger partial charge in [0.25, 0.3) is 0 Å². The number of nitriles is 2. The Balaban J connectivity index is 2.58. The number of hydrogen-bond donors (Lipinski definition) is 0. The first-order chi connectivity index (χ1) is 8.19. The van der Waals surface area contributed by atoms with Gasteiger partial charge in [0.05, 0.1) is 41.5 Å². The predicted molar refractivity (Wildman–Crippen MR) is 62.0 cm³/mol. The second kappa shape index (κ2) is 4.27. The SMILES string of the molecule is CC1=NC(C)=C(C#N)[C@H](c2ccco2)C1C#N. The lowest BCUT2D eigenvalue weighted by Crippen LogP contribution is -2.24. The minimum Gasteiger partial charge on any atom is -0.469 e. The minimum absolute atomic E-state index is 0.336. The second-order valence-corrected chi connectivity index (χ2v) is 3.96. The van der Waals surface area contributed by atoms with Gasteiger partial charge in [0.2, 0.25) is 0 Å². The van der Waals surface area contributed by atoms with Crippen molar-refractivity contribution in [2.75, 3.05) is 0 Å². The summed E-state index contributed by atoms with van der Waals surface area (Å²) < 4.78 is 5.34. The van der Waals surface area contributed by atoms with Crippen LogP contribution in [0.2, 0.25) is 0 Å². The van der Waals surface area contributed by atoms with E-state index in [1.54, 1.807) is 25.3 Å². The zero-order chi connectivity index (χ0) is 12.4. The van der Waals surface area contributed by atoms with E-state index in [2.05, 4.69) is 17.1 Å². The average Bonchev–Trinajstić information content (AvgIpc) is 2.81. The summed E-state index contributed by atoms with van der Waals surface area (Å²) in [5, 5.41) is 18.4. The van der Waals surface area contributed by atoms with Crippen molar-refractivity contribution in [1.82, 2.24) is 0 Å². The van der Waals surface area contributed by atoms with Crippen LogP contribution in [0.15, 0.2) is 39.1 Å². The zero-order valence-corrected chi connectivity index (χ0v) is 9.64. The maximum atomic E-state index is 9.23. The van der Waals surface area contributed by atoms with Crippen molar-refractivity contribution in [3.8, 4) is 12.1 Å². The van der Waals surface area contributed by atoms with Gasteiger partial charge in [0.1, 0.15) is 5.76 Å². The van der Waals surface area contributed by atoms with Crippen LogP contribution in [0.1, 0.15) is 25.5 Å². The molecule has 2 atom stereocenters. The molecule has 0 aliphatic carbocycles. The van der Waals surface area contributed by atoms with E-state index >= 15 is 0 Å². The molecule has 1 aliphatic heterocycles. The summed E-state index contributed by atoms with van der Waals surface area (Å²) in [6, 6.07) is 7.89. The summed E-state index contributed by atoms with van der Waals surface area (Å²) in [4.78, 5) is 4.26. The number of rotatable bonds is 1. The molecule has 0 saturated heterocycles. The smallest absolute Gasteiger partial charge is 0.113 e. The standard InChI is InChI=1S/C13H11N3O/c1-8-10(6-14)13(12-4-3-5-17-12)11(7-15)9(2)16-8/h3-5,10,13H,1-2H3/t10?,13-/m1/s1. The van der Waals surface area contributed by atoms with Gasteiger partial charge >= 0.3 is 0 Å². The molecule has 0 radical (unpaired) electrons. The Morgan fingerprint density at radius 1 is 1.35 bits per heavy atom. The third-order valence-electron chi connectivity index (χ3n) is 2.94. The van der Waals surface area contributed by atoms with Crippen LogP contribution in [0.4, 0.5) is 0 Å². The van der Waals surface area contributed by atoms with E-state index in [-0.39, 0.29) is 5.92 Å². The molecular weight excluding hydrogens is 214 g/mol. The highest BCUT2D eigenvalue weighted by atomic mass is 16.3. The normalized spacial score (nSPS) is 23.9. The van der Waals surface area contributed by atoms with Crippen LogP contribution < -0.4 is 0 Å². The first-order valence-corrected chi connectivity index (χ1v) is 5.28. The van der Waals surface area contributed by atoms with Crippen LogP contribution in [0.5, 0.6) is 0 Å². The number of allylic oxidation sites excluding steroid dienone is 2. The van der Waals surface area contributed by atoms with Crippen molar-refractivity contribution in [2.24, 2.45) is 10.9 Å². The lowest BCUT2D eigenvalue weighted by Gasteiger charge is -2.24. The van der Waals surface area contributed by atoms with Crippen LogP contribution in [0, 0.1) is 28.6 Å².